The van der Waals surface area contributed by atoms with E-state index in [1.165, 1.54) is 0 Å². The maximum absolute atomic E-state index is 11.7. The highest BCUT2D eigenvalue weighted by Gasteiger charge is 2.23. The van der Waals surface area contributed by atoms with E-state index in [-0.39, 0.29) is 6.09 Å². The number of rotatable bonds is 5. The first-order valence-electron chi connectivity index (χ1n) is 8.32. The highest BCUT2D eigenvalue weighted by Crippen LogP contribution is 2.17. The number of carbonyl (C=O) groups is 1. The molecule has 7 nitrogen and oxygen atoms in total. The van der Waals surface area contributed by atoms with E-state index in [0.717, 1.165) is 23.9 Å². The molecule has 1 aromatic rings. The van der Waals surface area contributed by atoms with Crippen molar-refractivity contribution in [3.63, 3.8) is 0 Å². The van der Waals surface area contributed by atoms with E-state index < -0.39 is 0 Å². The molecule has 1 amide bonds. The lowest BCUT2D eigenvalue weighted by molar-refractivity contribution is 0.105. The van der Waals surface area contributed by atoms with Crippen LogP contribution in [0.25, 0.3) is 0 Å². The Kier molecular flexibility index (Phi) is 6.01. The number of carbonyl (C=O) groups excluding carboxylic acids is 1. The molecule has 128 valence electrons. The largest absolute Gasteiger partial charge is 0.450 e. The summed E-state index contributed by atoms with van der Waals surface area (Å²) in [6.07, 6.45) is 0.799. The molecular weight excluding hydrogens is 294 g/mol. The number of aryl methyl sites for hydroxylation is 1. The molecule has 0 spiro atoms. The van der Waals surface area contributed by atoms with Gasteiger partial charge in [0, 0.05) is 44.0 Å². The van der Waals surface area contributed by atoms with Gasteiger partial charge in [-0.15, -0.1) is 0 Å². The van der Waals surface area contributed by atoms with Crippen molar-refractivity contribution < 1.29 is 9.53 Å². The quantitative estimate of drug-likeness (QED) is 0.897. The molecule has 1 aromatic heterocycles. The number of anilines is 2. The molecule has 0 saturated carbocycles. The lowest BCUT2D eigenvalue weighted by Crippen LogP contribution is -2.49. The molecule has 2 heterocycles. The number of nitrogens with zero attached hydrogens (tertiary/aromatic N) is 4. The summed E-state index contributed by atoms with van der Waals surface area (Å²) in [5.41, 5.74) is 0.939. The maximum atomic E-state index is 11.7. The predicted molar refractivity (Wildman–Crippen MR) is 91.0 cm³/mol. The van der Waals surface area contributed by atoms with Crippen molar-refractivity contribution in [1.29, 1.82) is 0 Å². The summed E-state index contributed by atoms with van der Waals surface area (Å²) < 4.78 is 5.04. The van der Waals surface area contributed by atoms with Crippen LogP contribution in [0.4, 0.5) is 16.6 Å². The first-order chi connectivity index (χ1) is 11.0. The summed E-state index contributed by atoms with van der Waals surface area (Å²) >= 11 is 0. The Morgan fingerprint density at radius 2 is 2.00 bits per heavy atom. The average molecular weight is 321 g/mol. The lowest BCUT2D eigenvalue weighted by Gasteiger charge is -2.34. The highest BCUT2D eigenvalue weighted by atomic mass is 16.6. The summed E-state index contributed by atoms with van der Waals surface area (Å²) in [4.78, 5) is 24.8. The molecule has 1 unspecified atom stereocenters. The number of hydrogen-bond acceptors (Lipinski definition) is 6. The molecule has 23 heavy (non-hydrogen) atoms. The van der Waals surface area contributed by atoms with Crippen LogP contribution in [0.3, 0.4) is 0 Å². The van der Waals surface area contributed by atoms with E-state index in [9.17, 15) is 4.79 Å². The van der Waals surface area contributed by atoms with E-state index in [1.807, 2.05) is 19.9 Å². The van der Waals surface area contributed by atoms with Crippen molar-refractivity contribution in [3.8, 4) is 0 Å². The molecule has 0 aliphatic carbocycles. The Morgan fingerprint density at radius 1 is 1.30 bits per heavy atom. The third kappa shape index (κ3) is 4.71. The standard InChI is InChI=1S/C16H27N5O2/c1-5-12(3)17-14-11-13(4)18-15(19-14)20-7-9-21(10-8-20)16(22)23-6-2/h11-12H,5-10H2,1-4H3,(H,17,18,19). The SMILES string of the molecule is CCOC(=O)N1CCN(c2nc(C)cc(NC(C)CC)n2)CC1. The van der Waals surface area contributed by atoms with Gasteiger partial charge < -0.3 is 19.9 Å². The van der Waals surface area contributed by atoms with Gasteiger partial charge >= 0.3 is 6.09 Å². The monoisotopic (exact) mass is 321 g/mol. The van der Waals surface area contributed by atoms with Crippen LogP contribution in [-0.4, -0.2) is 59.8 Å². The number of nitrogens with one attached hydrogen (secondary N) is 1. The van der Waals surface area contributed by atoms with Crippen LogP contribution in [0.2, 0.25) is 0 Å². The van der Waals surface area contributed by atoms with E-state index in [2.05, 4.69) is 34.0 Å². The minimum atomic E-state index is -0.239. The van der Waals surface area contributed by atoms with Crippen LogP contribution >= 0.6 is 0 Å². The minimum absolute atomic E-state index is 0.239. The molecule has 1 aliphatic rings. The molecule has 1 saturated heterocycles. The van der Waals surface area contributed by atoms with Crippen LogP contribution in [0, 0.1) is 6.92 Å². The molecule has 7 heteroatoms. The third-order valence-corrected chi connectivity index (χ3v) is 3.94. The Labute approximate surface area is 138 Å². The number of ether oxygens (including phenoxy) is 1. The molecule has 2 rings (SSSR count). The molecule has 1 atom stereocenters. The molecule has 0 radical (unpaired) electrons. The Hall–Kier alpha value is -2.05. The van der Waals surface area contributed by atoms with Crippen LogP contribution in [-0.2, 0) is 4.74 Å². The van der Waals surface area contributed by atoms with E-state index >= 15 is 0 Å². The molecule has 1 fully saturated rings. The van der Waals surface area contributed by atoms with Crippen LogP contribution in [0.1, 0.15) is 32.9 Å². The molecule has 0 bridgehead atoms. The summed E-state index contributed by atoms with van der Waals surface area (Å²) in [6, 6.07) is 2.34. The minimum Gasteiger partial charge on any atom is -0.450 e. The van der Waals surface area contributed by atoms with Crippen molar-refractivity contribution in [3.05, 3.63) is 11.8 Å². The Bertz CT molecular complexity index is 529. The number of amides is 1. The lowest BCUT2D eigenvalue weighted by atomic mass is 10.2. The number of piperazine rings is 1. The van der Waals surface area contributed by atoms with E-state index in [4.69, 9.17) is 4.74 Å². The van der Waals surface area contributed by atoms with E-state index in [1.54, 1.807) is 4.90 Å². The van der Waals surface area contributed by atoms with Gasteiger partial charge in [0.1, 0.15) is 5.82 Å². The average Bonchev–Trinajstić information content (AvgIpc) is 2.54. The van der Waals surface area contributed by atoms with Crippen LogP contribution in [0.5, 0.6) is 0 Å². The van der Waals surface area contributed by atoms with Crippen LogP contribution in [0.15, 0.2) is 6.07 Å². The van der Waals surface area contributed by atoms with Gasteiger partial charge in [0.15, 0.2) is 0 Å². The smallest absolute Gasteiger partial charge is 0.409 e. The zero-order chi connectivity index (χ0) is 16.8. The second kappa shape index (κ2) is 7.99. The fourth-order valence-corrected chi connectivity index (χ4v) is 2.43. The van der Waals surface area contributed by atoms with Crippen molar-refractivity contribution in [2.75, 3.05) is 43.0 Å². The summed E-state index contributed by atoms with van der Waals surface area (Å²) in [5.74, 6) is 1.58. The zero-order valence-electron chi connectivity index (χ0n) is 14.5. The second-order valence-corrected chi connectivity index (χ2v) is 5.82. The first-order valence-corrected chi connectivity index (χ1v) is 8.32. The summed E-state index contributed by atoms with van der Waals surface area (Å²) in [7, 11) is 0. The fourth-order valence-electron chi connectivity index (χ4n) is 2.43. The van der Waals surface area contributed by atoms with Crippen molar-refractivity contribution in [2.24, 2.45) is 0 Å². The first kappa shape index (κ1) is 17.3. The van der Waals surface area contributed by atoms with Gasteiger partial charge in [-0.2, -0.15) is 4.98 Å². The summed E-state index contributed by atoms with van der Waals surface area (Å²) in [5, 5.41) is 3.39. The van der Waals surface area contributed by atoms with Gasteiger partial charge in [0.2, 0.25) is 5.95 Å². The Balaban J connectivity index is 2.01. The summed E-state index contributed by atoms with van der Waals surface area (Å²) in [6.45, 7) is 11.2. The van der Waals surface area contributed by atoms with Gasteiger partial charge in [-0.1, -0.05) is 6.92 Å². The van der Waals surface area contributed by atoms with Crippen molar-refractivity contribution >= 4 is 17.9 Å². The van der Waals surface area contributed by atoms with E-state index in [0.29, 0.717) is 38.8 Å². The number of hydrogen-bond donors (Lipinski definition) is 1. The van der Waals surface area contributed by atoms with Crippen molar-refractivity contribution in [1.82, 2.24) is 14.9 Å². The second-order valence-electron chi connectivity index (χ2n) is 5.82. The Morgan fingerprint density at radius 3 is 2.61 bits per heavy atom. The topological polar surface area (TPSA) is 70.6 Å². The third-order valence-electron chi connectivity index (χ3n) is 3.94. The van der Waals surface area contributed by atoms with Gasteiger partial charge in [0.25, 0.3) is 0 Å². The molecule has 1 N–H and O–H groups in total. The maximum Gasteiger partial charge on any atom is 0.409 e. The van der Waals surface area contributed by atoms with Gasteiger partial charge in [-0.05, 0) is 27.2 Å². The highest BCUT2D eigenvalue weighted by molar-refractivity contribution is 5.68. The molecule has 1 aliphatic heterocycles. The fraction of sp³-hybridized carbons (Fsp3) is 0.688. The van der Waals surface area contributed by atoms with Gasteiger partial charge in [-0.25, -0.2) is 9.78 Å². The zero-order valence-corrected chi connectivity index (χ0v) is 14.5. The number of aromatic nitrogens is 2. The van der Waals surface area contributed by atoms with Crippen LogP contribution < -0.4 is 10.2 Å². The molecular formula is C16H27N5O2. The normalized spacial score (nSPS) is 16.2. The van der Waals surface area contributed by atoms with Crippen molar-refractivity contribution in [2.45, 2.75) is 40.2 Å². The van der Waals surface area contributed by atoms with Gasteiger partial charge in [0.05, 0.1) is 6.61 Å². The predicted octanol–water partition coefficient (Wildman–Crippen LogP) is 2.27. The molecule has 0 aromatic carbocycles. The van der Waals surface area contributed by atoms with Gasteiger partial charge in [-0.3, -0.25) is 0 Å².